The fourth-order valence-corrected chi connectivity index (χ4v) is 3.42. The number of anilines is 1. The molecule has 1 aliphatic rings. The number of amides is 2. The minimum absolute atomic E-state index is 0.126. The molecular formula is C23H24N2O5. The van der Waals surface area contributed by atoms with Crippen molar-refractivity contribution in [1.82, 2.24) is 4.90 Å². The predicted octanol–water partition coefficient (Wildman–Crippen LogP) is 3.70. The Morgan fingerprint density at radius 1 is 1.07 bits per heavy atom. The largest absolute Gasteiger partial charge is 0.481 e. The van der Waals surface area contributed by atoms with Crippen LogP contribution in [-0.2, 0) is 9.53 Å². The third-order valence-electron chi connectivity index (χ3n) is 5.02. The van der Waals surface area contributed by atoms with Crippen LogP contribution in [-0.4, -0.2) is 49.1 Å². The molecule has 1 saturated heterocycles. The van der Waals surface area contributed by atoms with Crippen molar-refractivity contribution in [1.29, 1.82) is 0 Å². The molecule has 0 aliphatic carbocycles. The summed E-state index contributed by atoms with van der Waals surface area (Å²) >= 11 is 0. The number of morpholine rings is 1. The lowest BCUT2D eigenvalue weighted by Gasteiger charge is -2.26. The van der Waals surface area contributed by atoms with Gasteiger partial charge in [0.15, 0.2) is 6.10 Å². The molecule has 1 N–H and O–H groups in total. The van der Waals surface area contributed by atoms with Crippen LogP contribution in [0.4, 0.5) is 5.69 Å². The van der Waals surface area contributed by atoms with E-state index in [4.69, 9.17) is 13.9 Å². The van der Waals surface area contributed by atoms with Gasteiger partial charge in [0.25, 0.3) is 11.8 Å². The zero-order chi connectivity index (χ0) is 20.9. The van der Waals surface area contributed by atoms with Crippen LogP contribution >= 0.6 is 0 Å². The molecule has 2 aromatic carbocycles. The number of ether oxygens (including phenoxy) is 2. The number of carbonyl (C=O) groups excluding carboxylic acids is 2. The smallest absolute Gasteiger partial charge is 0.291 e. The third kappa shape index (κ3) is 4.16. The number of carbonyl (C=O) groups is 2. The van der Waals surface area contributed by atoms with Gasteiger partial charge in [-0.05, 0) is 30.7 Å². The first kappa shape index (κ1) is 20.0. The van der Waals surface area contributed by atoms with Gasteiger partial charge < -0.3 is 24.1 Å². The molecule has 0 saturated carbocycles. The van der Waals surface area contributed by atoms with E-state index < -0.39 is 6.10 Å². The van der Waals surface area contributed by atoms with Crippen molar-refractivity contribution in [2.45, 2.75) is 19.4 Å². The Morgan fingerprint density at radius 2 is 1.77 bits per heavy atom. The van der Waals surface area contributed by atoms with E-state index in [1.165, 1.54) is 0 Å². The van der Waals surface area contributed by atoms with Crippen molar-refractivity contribution in [2.24, 2.45) is 0 Å². The van der Waals surface area contributed by atoms with Crippen LogP contribution in [0.3, 0.4) is 0 Å². The molecule has 4 rings (SSSR count). The van der Waals surface area contributed by atoms with Gasteiger partial charge >= 0.3 is 0 Å². The predicted molar refractivity (Wildman–Crippen MR) is 113 cm³/mol. The summed E-state index contributed by atoms with van der Waals surface area (Å²) in [6, 6.07) is 16.5. The highest BCUT2D eigenvalue weighted by atomic mass is 16.5. The quantitative estimate of drug-likeness (QED) is 0.673. The van der Waals surface area contributed by atoms with Crippen LogP contribution < -0.4 is 10.1 Å². The van der Waals surface area contributed by atoms with Crippen molar-refractivity contribution in [2.75, 3.05) is 31.6 Å². The van der Waals surface area contributed by atoms with Crippen molar-refractivity contribution < 1.29 is 23.5 Å². The zero-order valence-electron chi connectivity index (χ0n) is 16.8. The summed E-state index contributed by atoms with van der Waals surface area (Å²) in [5.41, 5.74) is 0.920. The van der Waals surface area contributed by atoms with Crippen molar-refractivity contribution >= 4 is 28.5 Å². The Bertz CT molecular complexity index is 1020. The topological polar surface area (TPSA) is 81.0 Å². The normalized spacial score (nSPS) is 15.0. The molecule has 0 spiro atoms. The van der Waals surface area contributed by atoms with Gasteiger partial charge in [-0.2, -0.15) is 0 Å². The fraction of sp³-hybridized carbons (Fsp3) is 0.304. The maximum absolute atomic E-state index is 13.1. The van der Waals surface area contributed by atoms with Crippen LogP contribution in [0.5, 0.6) is 5.75 Å². The maximum atomic E-state index is 13.1. The van der Waals surface area contributed by atoms with Gasteiger partial charge in [-0.3, -0.25) is 9.59 Å². The summed E-state index contributed by atoms with van der Waals surface area (Å²) in [7, 11) is 0. The molecule has 0 bridgehead atoms. The Balaban J connectivity index is 1.62. The molecule has 7 heteroatoms. The molecule has 2 amide bonds. The summed E-state index contributed by atoms with van der Waals surface area (Å²) < 4.78 is 17.0. The van der Waals surface area contributed by atoms with E-state index in [0.717, 1.165) is 0 Å². The summed E-state index contributed by atoms with van der Waals surface area (Å²) in [4.78, 5) is 27.8. The number of hydrogen-bond donors (Lipinski definition) is 1. The number of para-hydroxylation sites is 2. The van der Waals surface area contributed by atoms with Crippen LogP contribution in [0, 0.1) is 0 Å². The van der Waals surface area contributed by atoms with Crippen molar-refractivity contribution in [3.63, 3.8) is 0 Å². The van der Waals surface area contributed by atoms with E-state index in [1.54, 1.807) is 23.1 Å². The van der Waals surface area contributed by atoms with E-state index in [9.17, 15) is 9.59 Å². The van der Waals surface area contributed by atoms with E-state index in [0.29, 0.717) is 55.1 Å². The van der Waals surface area contributed by atoms with Gasteiger partial charge in [0.2, 0.25) is 5.76 Å². The average molecular weight is 408 g/mol. The second-order valence-electron chi connectivity index (χ2n) is 7.02. The molecule has 7 nitrogen and oxygen atoms in total. The maximum Gasteiger partial charge on any atom is 0.291 e. The minimum Gasteiger partial charge on any atom is -0.481 e. The van der Waals surface area contributed by atoms with Gasteiger partial charge in [0.05, 0.1) is 13.2 Å². The van der Waals surface area contributed by atoms with Crippen molar-refractivity contribution in [3.05, 3.63) is 60.4 Å². The van der Waals surface area contributed by atoms with Gasteiger partial charge in [0, 0.05) is 18.5 Å². The van der Waals surface area contributed by atoms with Crippen LogP contribution in [0.25, 0.3) is 11.0 Å². The molecule has 1 aliphatic heterocycles. The first-order valence-electron chi connectivity index (χ1n) is 10.1. The number of fused-ring (bicyclic) bond motifs is 1. The fourth-order valence-electron chi connectivity index (χ4n) is 3.42. The first-order chi connectivity index (χ1) is 14.7. The summed E-state index contributed by atoms with van der Waals surface area (Å²) in [5, 5.41) is 3.57. The highest BCUT2D eigenvalue weighted by Crippen LogP contribution is 2.32. The van der Waals surface area contributed by atoms with Gasteiger partial charge in [-0.1, -0.05) is 37.3 Å². The Hall–Kier alpha value is -3.32. The molecule has 30 heavy (non-hydrogen) atoms. The highest BCUT2D eigenvalue weighted by Gasteiger charge is 2.29. The lowest BCUT2D eigenvalue weighted by Crippen LogP contribution is -2.41. The molecule has 1 aromatic heterocycles. The molecular weight excluding hydrogens is 384 g/mol. The Labute approximate surface area is 174 Å². The third-order valence-corrected chi connectivity index (χ3v) is 5.02. The molecule has 156 valence electrons. The van der Waals surface area contributed by atoms with Crippen molar-refractivity contribution in [3.8, 4) is 5.75 Å². The summed E-state index contributed by atoms with van der Waals surface area (Å²) in [6.45, 7) is 3.81. The molecule has 0 radical (unpaired) electrons. The molecule has 2 heterocycles. The van der Waals surface area contributed by atoms with Gasteiger partial charge in [0.1, 0.15) is 17.0 Å². The average Bonchev–Trinajstić information content (AvgIpc) is 3.16. The zero-order valence-corrected chi connectivity index (χ0v) is 16.8. The number of rotatable bonds is 6. The molecule has 0 unspecified atom stereocenters. The highest BCUT2D eigenvalue weighted by molar-refractivity contribution is 6.11. The molecule has 1 atom stereocenters. The number of furan rings is 1. The Kier molecular flexibility index (Phi) is 5.99. The second kappa shape index (κ2) is 9.00. The van der Waals surface area contributed by atoms with Crippen LogP contribution in [0.15, 0.2) is 59.0 Å². The van der Waals surface area contributed by atoms with Gasteiger partial charge in [-0.15, -0.1) is 0 Å². The standard InChI is InChI=1S/C23H24N2O5/c1-2-18(29-16-8-4-3-5-9-16)22(26)24-20-17-10-6-7-11-19(17)30-21(20)23(27)25-12-14-28-15-13-25/h3-11,18H,2,12-15H2,1H3,(H,24,26)/t18-/m0/s1. The Morgan fingerprint density at radius 3 is 2.50 bits per heavy atom. The minimum atomic E-state index is -0.701. The number of nitrogens with one attached hydrogen (secondary N) is 1. The van der Waals surface area contributed by atoms with Crippen LogP contribution in [0.2, 0.25) is 0 Å². The SMILES string of the molecule is CC[C@H](Oc1ccccc1)C(=O)Nc1c(C(=O)N2CCOCC2)oc2ccccc12. The lowest BCUT2D eigenvalue weighted by molar-refractivity contribution is -0.122. The van der Waals surface area contributed by atoms with E-state index >= 15 is 0 Å². The summed E-state index contributed by atoms with van der Waals surface area (Å²) in [5.74, 6) is 0.146. The van der Waals surface area contributed by atoms with Gasteiger partial charge in [-0.25, -0.2) is 0 Å². The van der Waals surface area contributed by atoms with E-state index in [1.807, 2.05) is 43.3 Å². The second-order valence-corrected chi connectivity index (χ2v) is 7.02. The summed E-state index contributed by atoms with van der Waals surface area (Å²) in [6.07, 6.45) is -0.226. The van der Waals surface area contributed by atoms with E-state index in [-0.39, 0.29) is 17.6 Å². The number of hydrogen-bond acceptors (Lipinski definition) is 5. The van der Waals surface area contributed by atoms with E-state index in [2.05, 4.69) is 5.32 Å². The number of nitrogens with zero attached hydrogens (tertiary/aromatic N) is 1. The molecule has 1 fully saturated rings. The lowest BCUT2D eigenvalue weighted by atomic mass is 10.2. The van der Waals surface area contributed by atoms with Crippen LogP contribution in [0.1, 0.15) is 23.9 Å². The first-order valence-corrected chi connectivity index (χ1v) is 10.1. The molecule has 3 aromatic rings. The monoisotopic (exact) mass is 408 g/mol. The number of benzene rings is 2.